The number of halogens is 3. The van der Waals surface area contributed by atoms with E-state index in [1.54, 1.807) is 0 Å². The topological polar surface area (TPSA) is 59.6 Å². The molecule has 0 atom stereocenters. The molecule has 0 aromatic rings. The molecule has 1 fully saturated rings. The van der Waals surface area contributed by atoms with E-state index < -0.39 is 18.2 Å². The number of carbonyl (C=O) groups is 1. The van der Waals surface area contributed by atoms with Gasteiger partial charge in [-0.05, 0) is 25.9 Å². The van der Waals surface area contributed by atoms with Gasteiger partial charge < -0.3 is 20.1 Å². The number of piperidine rings is 1. The van der Waals surface area contributed by atoms with E-state index >= 15 is 0 Å². The zero-order chi connectivity index (χ0) is 15.1. The Morgan fingerprint density at radius 3 is 2.55 bits per heavy atom. The molecule has 0 bridgehead atoms. The fourth-order valence-electron chi connectivity index (χ4n) is 2.23. The van der Waals surface area contributed by atoms with Crippen LogP contribution in [0.2, 0.25) is 0 Å². The molecule has 1 aliphatic heterocycles. The van der Waals surface area contributed by atoms with Crippen LogP contribution in [-0.4, -0.2) is 58.6 Å². The molecular weight excluding hydrogens is 277 g/mol. The summed E-state index contributed by atoms with van der Waals surface area (Å²) in [6.07, 6.45) is -3.04. The van der Waals surface area contributed by atoms with Crippen LogP contribution in [-0.2, 0) is 14.3 Å². The normalized spacial score (nSPS) is 18.8. The van der Waals surface area contributed by atoms with Crippen molar-refractivity contribution < 1.29 is 27.4 Å². The van der Waals surface area contributed by atoms with Crippen LogP contribution in [0.4, 0.5) is 13.2 Å². The molecular formula is C12H21F3N2O3. The van der Waals surface area contributed by atoms with E-state index in [4.69, 9.17) is 4.74 Å². The van der Waals surface area contributed by atoms with Crippen molar-refractivity contribution in [1.29, 1.82) is 0 Å². The SMILES string of the molecule is COCC1(C(=O)NCCOCC(F)(F)F)CCNCC1. The van der Waals surface area contributed by atoms with E-state index in [2.05, 4.69) is 15.4 Å². The lowest BCUT2D eigenvalue weighted by atomic mass is 9.78. The molecule has 0 saturated carbocycles. The summed E-state index contributed by atoms with van der Waals surface area (Å²) < 4.78 is 45.1. The molecule has 1 rings (SSSR count). The van der Waals surface area contributed by atoms with Gasteiger partial charge in [-0.3, -0.25) is 4.79 Å². The van der Waals surface area contributed by atoms with Crippen LogP contribution >= 0.6 is 0 Å². The largest absolute Gasteiger partial charge is 0.411 e. The van der Waals surface area contributed by atoms with Crippen LogP contribution in [0.15, 0.2) is 0 Å². The predicted molar refractivity (Wildman–Crippen MR) is 66.3 cm³/mol. The third-order valence-corrected chi connectivity index (χ3v) is 3.26. The maximum Gasteiger partial charge on any atom is 0.411 e. The molecule has 0 aromatic carbocycles. The molecule has 0 unspecified atom stereocenters. The summed E-state index contributed by atoms with van der Waals surface area (Å²) in [6, 6.07) is 0. The fourth-order valence-corrected chi connectivity index (χ4v) is 2.23. The number of rotatable bonds is 7. The Morgan fingerprint density at radius 2 is 2.00 bits per heavy atom. The van der Waals surface area contributed by atoms with E-state index in [1.807, 2.05) is 0 Å². The molecule has 0 aliphatic carbocycles. The second-order valence-electron chi connectivity index (χ2n) is 4.89. The molecule has 2 N–H and O–H groups in total. The number of methoxy groups -OCH3 is 1. The molecule has 0 spiro atoms. The Balaban J connectivity index is 2.32. The highest BCUT2D eigenvalue weighted by Crippen LogP contribution is 2.29. The van der Waals surface area contributed by atoms with Crippen molar-refractivity contribution in [2.45, 2.75) is 19.0 Å². The van der Waals surface area contributed by atoms with Crippen molar-refractivity contribution in [3.63, 3.8) is 0 Å². The van der Waals surface area contributed by atoms with Crippen molar-refractivity contribution in [3.8, 4) is 0 Å². The van der Waals surface area contributed by atoms with E-state index in [1.165, 1.54) is 7.11 Å². The summed E-state index contributed by atoms with van der Waals surface area (Å²) in [5.41, 5.74) is -0.593. The summed E-state index contributed by atoms with van der Waals surface area (Å²) in [7, 11) is 1.53. The quantitative estimate of drug-likeness (QED) is 0.679. The number of amides is 1. The van der Waals surface area contributed by atoms with Gasteiger partial charge in [0.15, 0.2) is 0 Å². The number of carbonyl (C=O) groups excluding carboxylic acids is 1. The van der Waals surface area contributed by atoms with Gasteiger partial charge in [0.1, 0.15) is 6.61 Å². The number of alkyl halides is 3. The van der Waals surface area contributed by atoms with Gasteiger partial charge in [-0.2, -0.15) is 13.2 Å². The smallest absolute Gasteiger partial charge is 0.384 e. The minimum Gasteiger partial charge on any atom is -0.384 e. The van der Waals surface area contributed by atoms with Gasteiger partial charge in [-0.1, -0.05) is 0 Å². The van der Waals surface area contributed by atoms with Crippen LogP contribution in [0.25, 0.3) is 0 Å². The lowest BCUT2D eigenvalue weighted by Gasteiger charge is -2.35. The van der Waals surface area contributed by atoms with E-state index in [0.717, 1.165) is 13.1 Å². The summed E-state index contributed by atoms with van der Waals surface area (Å²) >= 11 is 0. The van der Waals surface area contributed by atoms with Crippen molar-refractivity contribution in [3.05, 3.63) is 0 Å². The summed E-state index contributed by atoms with van der Waals surface area (Å²) in [5.74, 6) is -0.184. The molecule has 1 amide bonds. The van der Waals surface area contributed by atoms with Crippen LogP contribution in [0.5, 0.6) is 0 Å². The Hall–Kier alpha value is -0.860. The highest BCUT2D eigenvalue weighted by atomic mass is 19.4. The molecule has 5 nitrogen and oxygen atoms in total. The number of nitrogens with one attached hydrogen (secondary N) is 2. The Kier molecular flexibility index (Phi) is 6.70. The molecule has 1 saturated heterocycles. The maximum atomic E-state index is 12.2. The molecule has 118 valence electrons. The second kappa shape index (κ2) is 7.80. The van der Waals surface area contributed by atoms with E-state index in [9.17, 15) is 18.0 Å². The first-order chi connectivity index (χ1) is 9.40. The average molecular weight is 298 g/mol. The third kappa shape index (κ3) is 5.64. The molecule has 0 aromatic heterocycles. The zero-order valence-electron chi connectivity index (χ0n) is 11.5. The molecule has 0 radical (unpaired) electrons. The summed E-state index contributed by atoms with van der Waals surface area (Å²) in [4.78, 5) is 12.2. The van der Waals surface area contributed by atoms with Gasteiger partial charge >= 0.3 is 6.18 Å². The van der Waals surface area contributed by atoms with Gasteiger partial charge in [0.05, 0.1) is 18.6 Å². The Labute approximate surface area is 116 Å². The Morgan fingerprint density at radius 1 is 1.35 bits per heavy atom. The van der Waals surface area contributed by atoms with Crippen LogP contribution < -0.4 is 10.6 Å². The van der Waals surface area contributed by atoms with Gasteiger partial charge in [-0.25, -0.2) is 0 Å². The van der Waals surface area contributed by atoms with E-state index in [0.29, 0.717) is 19.4 Å². The number of hydrogen-bond acceptors (Lipinski definition) is 4. The molecule has 20 heavy (non-hydrogen) atoms. The van der Waals surface area contributed by atoms with Crippen molar-refractivity contribution in [1.82, 2.24) is 10.6 Å². The molecule has 8 heteroatoms. The summed E-state index contributed by atoms with van der Waals surface area (Å²) in [5, 5.41) is 5.79. The second-order valence-corrected chi connectivity index (χ2v) is 4.89. The first-order valence-electron chi connectivity index (χ1n) is 6.52. The van der Waals surface area contributed by atoms with Crippen molar-refractivity contribution >= 4 is 5.91 Å². The lowest BCUT2D eigenvalue weighted by Crippen LogP contribution is -2.50. The van der Waals surface area contributed by atoms with Gasteiger partial charge in [0.2, 0.25) is 5.91 Å². The van der Waals surface area contributed by atoms with Gasteiger partial charge in [0, 0.05) is 13.7 Å². The maximum absolute atomic E-state index is 12.2. The monoisotopic (exact) mass is 298 g/mol. The standard InChI is InChI=1S/C12H21F3N2O3/c1-19-8-11(2-4-16-5-3-11)10(18)17-6-7-20-9-12(13,14)15/h16H,2-9H2,1H3,(H,17,18). The van der Waals surface area contributed by atoms with Crippen molar-refractivity contribution in [2.75, 3.05) is 46.6 Å². The Bertz CT molecular complexity index is 299. The highest BCUT2D eigenvalue weighted by Gasteiger charge is 2.39. The highest BCUT2D eigenvalue weighted by molar-refractivity contribution is 5.83. The summed E-state index contributed by atoms with van der Waals surface area (Å²) in [6.45, 7) is 0.364. The molecule has 1 aliphatic rings. The fraction of sp³-hybridized carbons (Fsp3) is 0.917. The first kappa shape index (κ1) is 17.2. The zero-order valence-corrected chi connectivity index (χ0v) is 11.5. The number of ether oxygens (including phenoxy) is 2. The average Bonchev–Trinajstić information content (AvgIpc) is 2.38. The van der Waals surface area contributed by atoms with E-state index in [-0.39, 0.29) is 19.1 Å². The van der Waals surface area contributed by atoms with Crippen LogP contribution in [0.3, 0.4) is 0 Å². The van der Waals surface area contributed by atoms with Gasteiger partial charge in [0.25, 0.3) is 0 Å². The van der Waals surface area contributed by atoms with Crippen LogP contribution in [0, 0.1) is 5.41 Å². The van der Waals surface area contributed by atoms with Gasteiger partial charge in [-0.15, -0.1) is 0 Å². The minimum atomic E-state index is -4.34. The first-order valence-corrected chi connectivity index (χ1v) is 6.52. The molecule has 1 heterocycles. The third-order valence-electron chi connectivity index (χ3n) is 3.26. The van der Waals surface area contributed by atoms with Crippen LogP contribution in [0.1, 0.15) is 12.8 Å². The lowest BCUT2D eigenvalue weighted by molar-refractivity contribution is -0.173. The predicted octanol–water partition coefficient (Wildman–Crippen LogP) is 0.698. The van der Waals surface area contributed by atoms with Crippen molar-refractivity contribution in [2.24, 2.45) is 5.41 Å². The minimum absolute atomic E-state index is 0.0633. The number of hydrogen-bond donors (Lipinski definition) is 2.